The van der Waals surface area contributed by atoms with Crippen LogP contribution in [-0.4, -0.2) is 17.8 Å². The second kappa shape index (κ2) is 4.11. The van der Waals surface area contributed by atoms with Gasteiger partial charge in [-0.1, -0.05) is 29.8 Å². The zero-order valence-corrected chi connectivity index (χ0v) is 8.44. The summed E-state index contributed by atoms with van der Waals surface area (Å²) < 4.78 is 5.46. The van der Waals surface area contributed by atoms with Gasteiger partial charge in [-0.2, -0.15) is 0 Å². The quantitative estimate of drug-likeness (QED) is 0.778. The van der Waals surface area contributed by atoms with Gasteiger partial charge < -0.3 is 9.84 Å². The molecule has 1 fully saturated rings. The van der Waals surface area contributed by atoms with E-state index >= 15 is 0 Å². The maximum Gasteiger partial charge on any atom is 0.105 e. The van der Waals surface area contributed by atoms with Crippen LogP contribution in [0.1, 0.15) is 30.1 Å². The smallest absolute Gasteiger partial charge is 0.105 e. The minimum absolute atomic E-state index is 0.00296. The summed E-state index contributed by atoms with van der Waals surface area (Å²) >= 11 is 0. The second-order valence-corrected chi connectivity index (χ2v) is 3.91. The van der Waals surface area contributed by atoms with E-state index in [9.17, 15) is 5.11 Å². The van der Waals surface area contributed by atoms with E-state index in [-0.39, 0.29) is 6.10 Å². The summed E-state index contributed by atoms with van der Waals surface area (Å²) in [6.45, 7) is 2.82. The number of hydrogen-bond donors (Lipinski definition) is 1. The molecule has 0 bridgehead atoms. The van der Waals surface area contributed by atoms with Gasteiger partial charge >= 0.3 is 0 Å². The lowest BCUT2D eigenvalue weighted by Gasteiger charge is -2.17. The highest BCUT2D eigenvalue weighted by molar-refractivity contribution is 5.24. The van der Waals surface area contributed by atoms with Gasteiger partial charge in [-0.15, -0.1) is 0 Å². The van der Waals surface area contributed by atoms with E-state index in [2.05, 4.69) is 0 Å². The standard InChI is InChI=1S/C12H16O2/c1-9-4-2-5-10(8-9)12(13)11-6-3-7-14-11/h2,4-5,8,11-13H,3,6-7H2,1H3. The minimum atomic E-state index is -0.461. The number of benzene rings is 1. The van der Waals surface area contributed by atoms with Crippen LogP contribution in [-0.2, 0) is 4.74 Å². The Balaban J connectivity index is 2.13. The van der Waals surface area contributed by atoms with Gasteiger partial charge in [0.2, 0.25) is 0 Å². The van der Waals surface area contributed by atoms with Gasteiger partial charge in [-0.25, -0.2) is 0 Å². The van der Waals surface area contributed by atoms with Crippen molar-refractivity contribution in [3.05, 3.63) is 35.4 Å². The van der Waals surface area contributed by atoms with Crippen LogP contribution in [0.25, 0.3) is 0 Å². The molecule has 0 radical (unpaired) electrons. The van der Waals surface area contributed by atoms with Crippen molar-refractivity contribution in [2.45, 2.75) is 32.0 Å². The van der Waals surface area contributed by atoms with E-state index in [1.54, 1.807) is 0 Å². The van der Waals surface area contributed by atoms with E-state index in [0.29, 0.717) is 0 Å². The summed E-state index contributed by atoms with van der Waals surface area (Å²) in [4.78, 5) is 0. The third kappa shape index (κ3) is 1.97. The molecule has 0 aromatic heterocycles. The molecule has 1 N–H and O–H groups in total. The summed E-state index contributed by atoms with van der Waals surface area (Å²) in [5.74, 6) is 0. The molecule has 1 aliphatic heterocycles. The summed E-state index contributed by atoms with van der Waals surface area (Å²) in [5.41, 5.74) is 2.15. The highest BCUT2D eigenvalue weighted by Gasteiger charge is 2.25. The van der Waals surface area contributed by atoms with Crippen LogP contribution in [0.2, 0.25) is 0 Å². The van der Waals surface area contributed by atoms with Gasteiger partial charge in [0.1, 0.15) is 6.10 Å². The van der Waals surface area contributed by atoms with Crippen LogP contribution in [0.4, 0.5) is 0 Å². The summed E-state index contributed by atoms with van der Waals surface area (Å²) in [7, 11) is 0. The fraction of sp³-hybridized carbons (Fsp3) is 0.500. The van der Waals surface area contributed by atoms with Crippen LogP contribution in [0.5, 0.6) is 0 Å². The van der Waals surface area contributed by atoms with Crippen molar-refractivity contribution >= 4 is 0 Å². The van der Waals surface area contributed by atoms with Crippen molar-refractivity contribution in [3.63, 3.8) is 0 Å². The van der Waals surface area contributed by atoms with Crippen LogP contribution in [0.15, 0.2) is 24.3 Å². The zero-order valence-electron chi connectivity index (χ0n) is 8.44. The number of aryl methyl sites for hydroxylation is 1. The van der Waals surface area contributed by atoms with Gasteiger partial charge in [-0.05, 0) is 25.3 Å². The molecule has 1 aromatic rings. The predicted molar refractivity (Wildman–Crippen MR) is 55.1 cm³/mol. The first-order valence-electron chi connectivity index (χ1n) is 5.13. The third-order valence-corrected chi connectivity index (χ3v) is 2.70. The molecule has 1 aromatic carbocycles. The highest BCUT2D eigenvalue weighted by Crippen LogP contribution is 2.26. The first kappa shape index (κ1) is 9.69. The monoisotopic (exact) mass is 192 g/mol. The van der Waals surface area contributed by atoms with Gasteiger partial charge in [-0.3, -0.25) is 0 Å². The number of ether oxygens (including phenoxy) is 1. The molecule has 2 heteroatoms. The molecular formula is C12H16O2. The van der Waals surface area contributed by atoms with Gasteiger partial charge in [0.15, 0.2) is 0 Å². The van der Waals surface area contributed by atoms with Crippen LogP contribution < -0.4 is 0 Å². The summed E-state index contributed by atoms with van der Waals surface area (Å²) in [6, 6.07) is 7.99. The van der Waals surface area contributed by atoms with E-state index < -0.39 is 6.10 Å². The zero-order chi connectivity index (χ0) is 9.97. The average Bonchev–Trinajstić information content (AvgIpc) is 2.69. The minimum Gasteiger partial charge on any atom is -0.386 e. The first-order valence-corrected chi connectivity index (χ1v) is 5.13. The lowest BCUT2D eigenvalue weighted by Crippen LogP contribution is -2.17. The third-order valence-electron chi connectivity index (χ3n) is 2.70. The SMILES string of the molecule is Cc1cccc(C(O)C2CCCO2)c1. The molecule has 2 nitrogen and oxygen atoms in total. The Labute approximate surface area is 84.5 Å². The molecule has 14 heavy (non-hydrogen) atoms. The fourth-order valence-electron chi connectivity index (χ4n) is 1.92. The Morgan fingerprint density at radius 1 is 1.50 bits per heavy atom. The topological polar surface area (TPSA) is 29.5 Å². The normalized spacial score (nSPS) is 23.7. The summed E-state index contributed by atoms with van der Waals surface area (Å²) in [5, 5.41) is 10.0. The Morgan fingerprint density at radius 2 is 2.36 bits per heavy atom. The number of aliphatic hydroxyl groups excluding tert-OH is 1. The second-order valence-electron chi connectivity index (χ2n) is 3.91. The van der Waals surface area contributed by atoms with Crippen molar-refractivity contribution in [3.8, 4) is 0 Å². The van der Waals surface area contributed by atoms with E-state index in [4.69, 9.17) is 4.74 Å². The highest BCUT2D eigenvalue weighted by atomic mass is 16.5. The van der Waals surface area contributed by atoms with Gasteiger partial charge in [0.25, 0.3) is 0 Å². The van der Waals surface area contributed by atoms with E-state index in [0.717, 1.165) is 25.0 Å². The summed E-state index contributed by atoms with van der Waals surface area (Å²) in [6.07, 6.45) is 1.57. The van der Waals surface area contributed by atoms with Crippen molar-refractivity contribution in [2.24, 2.45) is 0 Å². The molecule has 1 heterocycles. The molecule has 2 unspecified atom stereocenters. The van der Waals surface area contributed by atoms with Crippen molar-refractivity contribution in [1.82, 2.24) is 0 Å². The molecule has 0 spiro atoms. The molecule has 1 saturated heterocycles. The molecule has 1 aliphatic rings. The largest absolute Gasteiger partial charge is 0.386 e. The molecule has 0 saturated carbocycles. The maximum absolute atomic E-state index is 10.0. The molecular weight excluding hydrogens is 176 g/mol. The predicted octanol–water partition coefficient (Wildman–Crippen LogP) is 2.21. The Kier molecular flexibility index (Phi) is 2.85. The lowest BCUT2D eigenvalue weighted by atomic mass is 10.0. The molecule has 0 aliphatic carbocycles. The first-order chi connectivity index (χ1) is 6.77. The van der Waals surface area contributed by atoms with Crippen molar-refractivity contribution in [1.29, 1.82) is 0 Å². The average molecular weight is 192 g/mol. The number of rotatable bonds is 2. The Hall–Kier alpha value is -0.860. The molecule has 76 valence electrons. The maximum atomic E-state index is 10.0. The molecule has 2 atom stereocenters. The van der Waals surface area contributed by atoms with Crippen molar-refractivity contribution in [2.75, 3.05) is 6.61 Å². The Morgan fingerprint density at radius 3 is 3.00 bits per heavy atom. The Bertz CT molecular complexity index is 303. The fourth-order valence-corrected chi connectivity index (χ4v) is 1.92. The van der Waals surface area contributed by atoms with Crippen LogP contribution in [0, 0.1) is 6.92 Å². The van der Waals surface area contributed by atoms with E-state index in [1.807, 2.05) is 31.2 Å². The van der Waals surface area contributed by atoms with Crippen LogP contribution in [0.3, 0.4) is 0 Å². The molecule has 0 amide bonds. The van der Waals surface area contributed by atoms with Gasteiger partial charge in [0.05, 0.1) is 6.10 Å². The lowest BCUT2D eigenvalue weighted by molar-refractivity contribution is -0.00260. The van der Waals surface area contributed by atoms with Crippen LogP contribution >= 0.6 is 0 Å². The number of hydrogen-bond acceptors (Lipinski definition) is 2. The molecule has 2 rings (SSSR count). The van der Waals surface area contributed by atoms with Crippen molar-refractivity contribution < 1.29 is 9.84 Å². The van der Waals surface area contributed by atoms with E-state index in [1.165, 1.54) is 5.56 Å². The number of aliphatic hydroxyl groups is 1. The van der Waals surface area contributed by atoms with Gasteiger partial charge in [0, 0.05) is 6.61 Å².